The van der Waals surface area contributed by atoms with E-state index in [0.717, 1.165) is 18.4 Å². The van der Waals surface area contributed by atoms with Crippen LogP contribution in [0, 0.1) is 0 Å². The van der Waals surface area contributed by atoms with Crippen molar-refractivity contribution in [2.24, 2.45) is 0 Å². The SMILES string of the molecule is OCCCC(NCc1nc(-c2ccccc2)no1)c1ccccc1. The van der Waals surface area contributed by atoms with Gasteiger partial charge in [-0.15, -0.1) is 0 Å². The topological polar surface area (TPSA) is 71.2 Å². The Morgan fingerprint density at radius 1 is 1.00 bits per heavy atom. The Morgan fingerprint density at radius 2 is 1.71 bits per heavy atom. The maximum absolute atomic E-state index is 9.11. The monoisotopic (exact) mass is 323 g/mol. The van der Waals surface area contributed by atoms with Crippen molar-refractivity contribution in [3.05, 3.63) is 72.1 Å². The number of hydrogen-bond donors (Lipinski definition) is 2. The quantitative estimate of drug-likeness (QED) is 0.665. The standard InChI is InChI=1S/C19H21N3O2/c23-13-7-12-17(15-8-3-1-4-9-15)20-14-18-21-19(22-24-18)16-10-5-2-6-11-16/h1-6,8-11,17,20,23H,7,12-14H2. The summed E-state index contributed by atoms with van der Waals surface area (Å²) >= 11 is 0. The number of aliphatic hydroxyl groups excluding tert-OH is 1. The van der Waals surface area contributed by atoms with Crippen molar-refractivity contribution in [3.63, 3.8) is 0 Å². The summed E-state index contributed by atoms with van der Waals surface area (Å²) in [5, 5.41) is 16.6. The minimum absolute atomic E-state index is 0.144. The summed E-state index contributed by atoms with van der Waals surface area (Å²) in [6.07, 6.45) is 1.59. The molecule has 24 heavy (non-hydrogen) atoms. The highest BCUT2D eigenvalue weighted by Gasteiger charge is 2.13. The first-order valence-electron chi connectivity index (χ1n) is 8.14. The molecule has 3 rings (SSSR count). The van der Waals surface area contributed by atoms with Crippen molar-refractivity contribution < 1.29 is 9.63 Å². The Hall–Kier alpha value is -2.50. The van der Waals surface area contributed by atoms with Gasteiger partial charge in [-0.2, -0.15) is 4.98 Å². The third-order valence-corrected chi connectivity index (χ3v) is 3.85. The highest BCUT2D eigenvalue weighted by molar-refractivity contribution is 5.53. The van der Waals surface area contributed by atoms with Crippen LogP contribution < -0.4 is 5.32 Å². The van der Waals surface area contributed by atoms with Gasteiger partial charge >= 0.3 is 0 Å². The van der Waals surface area contributed by atoms with Gasteiger partial charge in [-0.1, -0.05) is 65.8 Å². The van der Waals surface area contributed by atoms with Crippen LogP contribution in [-0.2, 0) is 6.54 Å². The maximum atomic E-state index is 9.11. The molecule has 2 N–H and O–H groups in total. The van der Waals surface area contributed by atoms with E-state index in [0.29, 0.717) is 18.3 Å². The van der Waals surface area contributed by atoms with E-state index in [9.17, 15) is 0 Å². The van der Waals surface area contributed by atoms with Crippen molar-refractivity contribution in [1.82, 2.24) is 15.5 Å². The van der Waals surface area contributed by atoms with Gasteiger partial charge in [0, 0.05) is 18.2 Å². The molecular weight excluding hydrogens is 302 g/mol. The smallest absolute Gasteiger partial charge is 0.240 e. The fourth-order valence-corrected chi connectivity index (χ4v) is 2.61. The van der Waals surface area contributed by atoms with Gasteiger partial charge in [0.05, 0.1) is 6.54 Å². The van der Waals surface area contributed by atoms with Gasteiger partial charge in [0.1, 0.15) is 0 Å². The molecule has 124 valence electrons. The van der Waals surface area contributed by atoms with Crippen molar-refractivity contribution in [1.29, 1.82) is 0 Å². The molecule has 2 aromatic carbocycles. The number of rotatable bonds is 8. The van der Waals surface area contributed by atoms with Gasteiger partial charge in [0.2, 0.25) is 11.7 Å². The molecule has 0 aliphatic rings. The zero-order chi connectivity index (χ0) is 16.6. The zero-order valence-corrected chi connectivity index (χ0v) is 13.4. The second-order valence-corrected chi connectivity index (χ2v) is 5.59. The fraction of sp³-hybridized carbons (Fsp3) is 0.263. The van der Waals surface area contributed by atoms with Crippen LogP contribution in [0.5, 0.6) is 0 Å². The van der Waals surface area contributed by atoms with E-state index in [1.165, 1.54) is 5.56 Å². The molecule has 0 saturated carbocycles. The van der Waals surface area contributed by atoms with E-state index in [1.54, 1.807) is 0 Å². The van der Waals surface area contributed by atoms with Crippen molar-refractivity contribution >= 4 is 0 Å². The first kappa shape index (κ1) is 16.4. The van der Waals surface area contributed by atoms with E-state index >= 15 is 0 Å². The second kappa shape index (κ2) is 8.38. The molecule has 0 fully saturated rings. The van der Waals surface area contributed by atoms with E-state index < -0.39 is 0 Å². The Labute approximate surface area is 141 Å². The highest BCUT2D eigenvalue weighted by atomic mass is 16.5. The number of nitrogens with zero attached hydrogens (tertiary/aromatic N) is 2. The second-order valence-electron chi connectivity index (χ2n) is 5.59. The van der Waals surface area contributed by atoms with Crippen LogP contribution in [0.25, 0.3) is 11.4 Å². The maximum Gasteiger partial charge on any atom is 0.240 e. The van der Waals surface area contributed by atoms with Crippen LogP contribution in [0.3, 0.4) is 0 Å². The molecule has 1 atom stereocenters. The van der Waals surface area contributed by atoms with E-state index in [2.05, 4.69) is 27.6 Å². The number of aromatic nitrogens is 2. The molecule has 0 aliphatic carbocycles. The van der Waals surface area contributed by atoms with Gasteiger partial charge < -0.3 is 14.9 Å². The van der Waals surface area contributed by atoms with Crippen LogP contribution in [0.1, 0.15) is 30.3 Å². The largest absolute Gasteiger partial charge is 0.396 e. The van der Waals surface area contributed by atoms with Crippen molar-refractivity contribution in [2.45, 2.75) is 25.4 Å². The molecule has 0 spiro atoms. The van der Waals surface area contributed by atoms with Gasteiger partial charge in [0.15, 0.2) is 0 Å². The lowest BCUT2D eigenvalue weighted by atomic mass is 10.0. The average molecular weight is 323 g/mol. The Morgan fingerprint density at radius 3 is 2.42 bits per heavy atom. The number of benzene rings is 2. The molecule has 0 amide bonds. The lowest BCUT2D eigenvalue weighted by molar-refractivity contribution is 0.272. The summed E-state index contributed by atoms with van der Waals surface area (Å²) < 4.78 is 5.34. The molecule has 5 nitrogen and oxygen atoms in total. The van der Waals surface area contributed by atoms with E-state index in [1.807, 2.05) is 48.5 Å². The summed E-state index contributed by atoms with van der Waals surface area (Å²) in [4.78, 5) is 4.44. The van der Waals surface area contributed by atoms with Gasteiger partial charge in [-0.25, -0.2) is 0 Å². The van der Waals surface area contributed by atoms with Crippen LogP contribution in [0.4, 0.5) is 0 Å². The van der Waals surface area contributed by atoms with E-state index in [4.69, 9.17) is 9.63 Å². The van der Waals surface area contributed by atoms with Gasteiger partial charge in [-0.3, -0.25) is 0 Å². The first-order valence-corrected chi connectivity index (χ1v) is 8.14. The average Bonchev–Trinajstić information content (AvgIpc) is 3.12. The minimum Gasteiger partial charge on any atom is -0.396 e. The summed E-state index contributed by atoms with van der Waals surface area (Å²) in [6.45, 7) is 0.675. The summed E-state index contributed by atoms with van der Waals surface area (Å²) in [5.74, 6) is 1.15. The molecule has 1 heterocycles. The Bertz CT molecular complexity index is 729. The lowest BCUT2D eigenvalue weighted by Gasteiger charge is -2.17. The summed E-state index contributed by atoms with van der Waals surface area (Å²) in [5.41, 5.74) is 2.13. The van der Waals surface area contributed by atoms with E-state index in [-0.39, 0.29) is 12.6 Å². The molecule has 0 aliphatic heterocycles. The number of nitrogens with one attached hydrogen (secondary N) is 1. The Kier molecular flexibility index (Phi) is 5.71. The zero-order valence-electron chi connectivity index (χ0n) is 13.4. The van der Waals surface area contributed by atoms with Crippen LogP contribution in [-0.4, -0.2) is 21.9 Å². The molecule has 3 aromatic rings. The molecule has 0 bridgehead atoms. The van der Waals surface area contributed by atoms with Crippen molar-refractivity contribution in [2.75, 3.05) is 6.61 Å². The summed E-state index contributed by atoms with van der Waals surface area (Å²) in [6, 6.07) is 20.1. The lowest BCUT2D eigenvalue weighted by Crippen LogP contribution is -2.21. The first-order chi connectivity index (χ1) is 11.9. The normalized spacial score (nSPS) is 12.2. The molecule has 0 radical (unpaired) electrons. The molecule has 0 saturated heterocycles. The highest BCUT2D eigenvalue weighted by Crippen LogP contribution is 2.19. The molecule has 5 heteroatoms. The van der Waals surface area contributed by atoms with Gasteiger partial charge in [0.25, 0.3) is 0 Å². The van der Waals surface area contributed by atoms with Crippen LogP contribution in [0.15, 0.2) is 65.2 Å². The van der Waals surface area contributed by atoms with Crippen LogP contribution >= 0.6 is 0 Å². The predicted octanol–water partition coefficient (Wildman–Crippen LogP) is 3.34. The van der Waals surface area contributed by atoms with Crippen molar-refractivity contribution in [3.8, 4) is 11.4 Å². The minimum atomic E-state index is 0.144. The third kappa shape index (κ3) is 4.28. The number of hydrogen-bond acceptors (Lipinski definition) is 5. The molecular formula is C19H21N3O2. The molecule has 1 aromatic heterocycles. The third-order valence-electron chi connectivity index (χ3n) is 3.85. The number of aliphatic hydroxyl groups is 1. The van der Waals surface area contributed by atoms with Crippen LogP contribution in [0.2, 0.25) is 0 Å². The Balaban J connectivity index is 1.65. The van der Waals surface area contributed by atoms with Gasteiger partial charge in [-0.05, 0) is 18.4 Å². The predicted molar refractivity (Wildman–Crippen MR) is 92.1 cm³/mol. The fourth-order valence-electron chi connectivity index (χ4n) is 2.61. The summed E-state index contributed by atoms with van der Waals surface area (Å²) in [7, 11) is 0. The molecule has 1 unspecified atom stereocenters.